The Labute approximate surface area is 78.1 Å². The van der Waals surface area contributed by atoms with Gasteiger partial charge in [0.25, 0.3) is 0 Å². The van der Waals surface area contributed by atoms with Gasteiger partial charge in [-0.3, -0.25) is 9.59 Å². The zero-order valence-electron chi connectivity index (χ0n) is 7.95. The molecule has 3 N–H and O–H groups in total. The Morgan fingerprint density at radius 2 is 2.00 bits per heavy atom. The lowest BCUT2D eigenvalue weighted by Crippen LogP contribution is -2.23. The molecular weight excluding hydrogens is 170 g/mol. The fraction of sp³-hybridized carbons (Fsp3) is 0.778. The summed E-state index contributed by atoms with van der Waals surface area (Å²) in [5.74, 6) is -1.52. The molecule has 0 aromatic heterocycles. The minimum atomic E-state index is -0.872. The van der Waals surface area contributed by atoms with Crippen molar-refractivity contribution in [1.82, 2.24) is 0 Å². The van der Waals surface area contributed by atoms with Gasteiger partial charge in [0, 0.05) is 12.3 Å². The highest BCUT2D eigenvalue weighted by atomic mass is 16.4. The second-order valence-electron chi connectivity index (χ2n) is 3.17. The van der Waals surface area contributed by atoms with Crippen LogP contribution in [0.2, 0.25) is 0 Å². The Hall–Kier alpha value is -1.06. The third-order valence-electron chi connectivity index (χ3n) is 2.02. The van der Waals surface area contributed by atoms with Crippen LogP contribution < -0.4 is 5.73 Å². The van der Waals surface area contributed by atoms with E-state index in [2.05, 4.69) is 0 Å². The molecule has 0 aromatic rings. The first-order valence-electron chi connectivity index (χ1n) is 4.59. The van der Waals surface area contributed by atoms with Crippen LogP contribution in [0.1, 0.15) is 39.0 Å². The van der Waals surface area contributed by atoms with Crippen LogP contribution in [0.3, 0.4) is 0 Å². The molecule has 1 atom stereocenters. The summed E-state index contributed by atoms with van der Waals surface area (Å²) in [6.45, 7) is 2.02. The monoisotopic (exact) mass is 187 g/mol. The molecule has 4 heteroatoms. The summed E-state index contributed by atoms with van der Waals surface area (Å²) in [7, 11) is 0. The average Bonchev–Trinajstić information content (AvgIpc) is 2.03. The standard InChI is InChI=1S/C9H17NO3/c1-2-3-4-7(9(10)13)5-6-8(11)12/h7H,2-6H2,1H3,(H2,10,13)(H,11,12). The second kappa shape index (κ2) is 6.46. The quantitative estimate of drug-likeness (QED) is 0.627. The zero-order valence-corrected chi connectivity index (χ0v) is 7.95. The normalized spacial score (nSPS) is 12.4. The van der Waals surface area contributed by atoms with Crippen molar-refractivity contribution in [1.29, 1.82) is 0 Å². The van der Waals surface area contributed by atoms with Gasteiger partial charge in [0.1, 0.15) is 0 Å². The highest BCUT2D eigenvalue weighted by Crippen LogP contribution is 2.14. The lowest BCUT2D eigenvalue weighted by molar-refractivity contribution is -0.137. The van der Waals surface area contributed by atoms with E-state index in [4.69, 9.17) is 10.8 Å². The molecule has 1 unspecified atom stereocenters. The maximum Gasteiger partial charge on any atom is 0.303 e. The number of aliphatic carboxylic acids is 1. The van der Waals surface area contributed by atoms with Crippen LogP contribution >= 0.6 is 0 Å². The molecule has 0 heterocycles. The molecule has 0 aliphatic rings. The van der Waals surface area contributed by atoms with Crippen LogP contribution in [0.4, 0.5) is 0 Å². The molecule has 4 nitrogen and oxygen atoms in total. The molecule has 0 saturated heterocycles. The van der Waals surface area contributed by atoms with Crippen LogP contribution in [0.25, 0.3) is 0 Å². The topological polar surface area (TPSA) is 80.4 Å². The minimum absolute atomic E-state index is 0.0251. The van der Waals surface area contributed by atoms with E-state index in [0.29, 0.717) is 12.8 Å². The summed E-state index contributed by atoms with van der Waals surface area (Å²) in [6.07, 6.45) is 3.02. The van der Waals surface area contributed by atoms with Crippen molar-refractivity contribution in [2.45, 2.75) is 39.0 Å². The van der Waals surface area contributed by atoms with Crippen molar-refractivity contribution in [2.24, 2.45) is 11.7 Å². The molecule has 0 aliphatic heterocycles. The maximum absolute atomic E-state index is 10.8. The molecular formula is C9H17NO3. The fourth-order valence-electron chi connectivity index (χ4n) is 1.18. The van der Waals surface area contributed by atoms with E-state index in [1.807, 2.05) is 6.92 Å². The lowest BCUT2D eigenvalue weighted by Gasteiger charge is -2.10. The lowest BCUT2D eigenvalue weighted by atomic mass is 9.96. The summed E-state index contributed by atoms with van der Waals surface area (Å²) in [5, 5.41) is 8.42. The van der Waals surface area contributed by atoms with Crippen molar-refractivity contribution < 1.29 is 14.7 Å². The molecule has 0 rings (SSSR count). The zero-order chi connectivity index (χ0) is 10.3. The van der Waals surface area contributed by atoms with Gasteiger partial charge < -0.3 is 10.8 Å². The summed E-state index contributed by atoms with van der Waals surface area (Å²) in [4.78, 5) is 21.1. The number of carboxylic acids is 1. The summed E-state index contributed by atoms with van der Waals surface area (Å²) in [6, 6.07) is 0. The average molecular weight is 187 g/mol. The smallest absolute Gasteiger partial charge is 0.303 e. The van der Waals surface area contributed by atoms with E-state index in [9.17, 15) is 9.59 Å². The highest BCUT2D eigenvalue weighted by Gasteiger charge is 2.15. The van der Waals surface area contributed by atoms with Crippen molar-refractivity contribution in [3.8, 4) is 0 Å². The van der Waals surface area contributed by atoms with Gasteiger partial charge in [-0.1, -0.05) is 19.8 Å². The fourth-order valence-corrected chi connectivity index (χ4v) is 1.18. The van der Waals surface area contributed by atoms with Gasteiger partial charge in [-0.25, -0.2) is 0 Å². The largest absolute Gasteiger partial charge is 0.481 e. The Morgan fingerprint density at radius 3 is 2.38 bits per heavy atom. The first-order chi connectivity index (χ1) is 6.07. The third-order valence-corrected chi connectivity index (χ3v) is 2.02. The number of carbonyl (C=O) groups is 2. The number of hydrogen-bond acceptors (Lipinski definition) is 2. The third kappa shape index (κ3) is 6.13. The SMILES string of the molecule is CCCCC(CCC(=O)O)C(N)=O. The van der Waals surface area contributed by atoms with Crippen LogP contribution in [-0.4, -0.2) is 17.0 Å². The molecule has 0 bridgehead atoms. The summed E-state index contributed by atoms with van der Waals surface area (Å²) < 4.78 is 0. The van der Waals surface area contributed by atoms with Crippen molar-refractivity contribution in [3.63, 3.8) is 0 Å². The van der Waals surface area contributed by atoms with Crippen LogP contribution in [0.15, 0.2) is 0 Å². The second-order valence-corrected chi connectivity index (χ2v) is 3.17. The van der Waals surface area contributed by atoms with Crippen LogP contribution in [0, 0.1) is 5.92 Å². The van der Waals surface area contributed by atoms with E-state index in [1.54, 1.807) is 0 Å². The predicted molar refractivity (Wildman–Crippen MR) is 49.1 cm³/mol. The molecule has 0 saturated carbocycles. The van der Waals surface area contributed by atoms with Crippen molar-refractivity contribution in [3.05, 3.63) is 0 Å². The molecule has 0 aliphatic carbocycles. The Morgan fingerprint density at radius 1 is 1.38 bits per heavy atom. The highest BCUT2D eigenvalue weighted by molar-refractivity contribution is 5.77. The van der Waals surface area contributed by atoms with E-state index in [1.165, 1.54) is 0 Å². The number of nitrogens with two attached hydrogens (primary N) is 1. The van der Waals surface area contributed by atoms with Crippen molar-refractivity contribution >= 4 is 11.9 Å². The summed E-state index contributed by atoms with van der Waals surface area (Å²) >= 11 is 0. The van der Waals surface area contributed by atoms with Crippen LogP contribution in [-0.2, 0) is 9.59 Å². The van der Waals surface area contributed by atoms with E-state index < -0.39 is 5.97 Å². The minimum Gasteiger partial charge on any atom is -0.481 e. The molecule has 1 amide bonds. The van der Waals surface area contributed by atoms with Gasteiger partial charge in [0.15, 0.2) is 0 Å². The van der Waals surface area contributed by atoms with Gasteiger partial charge in [-0.15, -0.1) is 0 Å². The van der Waals surface area contributed by atoms with Gasteiger partial charge in [0.2, 0.25) is 5.91 Å². The predicted octanol–water partition coefficient (Wildman–Crippen LogP) is 1.14. The van der Waals surface area contributed by atoms with Gasteiger partial charge in [-0.05, 0) is 12.8 Å². The number of rotatable bonds is 7. The number of hydrogen-bond donors (Lipinski definition) is 2. The molecule has 0 spiro atoms. The Balaban J connectivity index is 3.80. The van der Waals surface area contributed by atoms with Crippen LogP contribution in [0.5, 0.6) is 0 Å². The van der Waals surface area contributed by atoms with Gasteiger partial charge >= 0.3 is 5.97 Å². The Kier molecular flexibility index (Phi) is 5.93. The van der Waals surface area contributed by atoms with Gasteiger partial charge in [0.05, 0.1) is 0 Å². The number of amides is 1. The molecule has 0 radical (unpaired) electrons. The van der Waals surface area contributed by atoms with Gasteiger partial charge in [-0.2, -0.15) is 0 Å². The van der Waals surface area contributed by atoms with Crippen molar-refractivity contribution in [2.75, 3.05) is 0 Å². The van der Waals surface area contributed by atoms with E-state index >= 15 is 0 Å². The maximum atomic E-state index is 10.8. The van der Waals surface area contributed by atoms with E-state index in [0.717, 1.165) is 12.8 Å². The molecule has 0 fully saturated rings. The molecule has 13 heavy (non-hydrogen) atoms. The first-order valence-corrected chi connectivity index (χ1v) is 4.59. The van der Waals surface area contributed by atoms with E-state index in [-0.39, 0.29) is 18.2 Å². The number of primary amides is 1. The number of carbonyl (C=O) groups excluding carboxylic acids is 1. The Bertz CT molecular complexity index is 180. The molecule has 0 aromatic carbocycles. The molecule has 76 valence electrons. The number of unbranched alkanes of at least 4 members (excludes halogenated alkanes) is 1. The number of carboxylic acid groups (broad SMARTS) is 1. The summed E-state index contributed by atoms with van der Waals surface area (Å²) in [5.41, 5.74) is 5.13. The first kappa shape index (κ1) is 11.9.